The number of hydrogen-bond acceptors (Lipinski definition) is 3. The summed E-state index contributed by atoms with van der Waals surface area (Å²) in [4.78, 5) is 2.75. The minimum atomic E-state index is -0.986. The van der Waals surface area contributed by atoms with Gasteiger partial charge in [0.05, 0.1) is 12.8 Å². The Morgan fingerprint density at radius 2 is 1.90 bits per heavy atom. The van der Waals surface area contributed by atoms with E-state index >= 15 is 0 Å². The van der Waals surface area contributed by atoms with Gasteiger partial charge in [-0.1, -0.05) is 53.4 Å². The van der Waals surface area contributed by atoms with Gasteiger partial charge in [0.25, 0.3) is 0 Å². The lowest BCUT2D eigenvalue weighted by atomic mass is 10.1. The third-order valence-electron chi connectivity index (χ3n) is 2.83. The van der Waals surface area contributed by atoms with Gasteiger partial charge in [-0.3, -0.25) is 0 Å². The molecule has 1 atom stereocenters. The zero-order valence-electron chi connectivity index (χ0n) is 11.4. The molecule has 0 radical (unpaired) electrons. The van der Waals surface area contributed by atoms with Crippen LogP contribution in [0.1, 0.15) is 17.2 Å². The maximum Gasteiger partial charge on any atom is 0.144 e. The van der Waals surface area contributed by atoms with Crippen LogP contribution in [0.4, 0.5) is 5.69 Å². The maximum absolute atomic E-state index is 10.2. The summed E-state index contributed by atoms with van der Waals surface area (Å²) < 4.78 is 5.19. The summed E-state index contributed by atoms with van der Waals surface area (Å²) in [6.07, 6.45) is -0.986. The van der Waals surface area contributed by atoms with Gasteiger partial charge < -0.3 is 9.84 Å². The lowest BCUT2D eigenvalue weighted by Crippen LogP contribution is -1.97. The molecule has 0 saturated heterocycles. The Hall–Kier alpha value is -2.93. The summed E-state index contributed by atoms with van der Waals surface area (Å²) >= 11 is 0. The second-order valence-corrected chi connectivity index (χ2v) is 4.12. The van der Waals surface area contributed by atoms with Crippen molar-refractivity contribution in [3.8, 4) is 17.6 Å². The number of nitrogens with zero attached hydrogens (tertiary/aromatic N) is 3. The van der Waals surface area contributed by atoms with Crippen LogP contribution in [0.25, 0.3) is 10.4 Å². The third-order valence-corrected chi connectivity index (χ3v) is 2.83. The molecule has 0 aliphatic carbocycles. The Kier molecular flexibility index (Phi) is 4.84. The molecule has 0 aromatic heterocycles. The SMILES string of the molecule is COc1ccccc1C(O)C#Cc1ccccc1N=[N+]=[N-]. The quantitative estimate of drug-likeness (QED) is 0.402. The van der Waals surface area contributed by atoms with Crippen LogP contribution in [-0.4, -0.2) is 12.2 Å². The number of aliphatic hydroxyl groups is 1. The first-order valence-corrected chi connectivity index (χ1v) is 6.23. The van der Waals surface area contributed by atoms with E-state index in [0.29, 0.717) is 22.6 Å². The topological polar surface area (TPSA) is 78.2 Å². The minimum Gasteiger partial charge on any atom is -0.496 e. The van der Waals surface area contributed by atoms with Crippen molar-refractivity contribution in [2.45, 2.75) is 6.10 Å². The molecular formula is C16H13N3O2. The molecule has 2 aromatic carbocycles. The molecule has 21 heavy (non-hydrogen) atoms. The van der Waals surface area contributed by atoms with E-state index in [1.165, 1.54) is 7.11 Å². The van der Waals surface area contributed by atoms with Crippen molar-refractivity contribution >= 4 is 5.69 Å². The number of rotatable bonds is 3. The van der Waals surface area contributed by atoms with Crippen molar-refractivity contribution in [2.75, 3.05) is 7.11 Å². The van der Waals surface area contributed by atoms with Gasteiger partial charge in [-0.15, -0.1) is 0 Å². The summed E-state index contributed by atoms with van der Waals surface area (Å²) in [7, 11) is 1.54. The van der Waals surface area contributed by atoms with Gasteiger partial charge in [-0.2, -0.15) is 0 Å². The predicted octanol–water partition coefficient (Wildman–Crippen LogP) is 3.72. The third kappa shape index (κ3) is 3.54. The van der Waals surface area contributed by atoms with Crippen molar-refractivity contribution in [1.82, 2.24) is 0 Å². The van der Waals surface area contributed by atoms with Crippen LogP contribution in [0.2, 0.25) is 0 Å². The van der Waals surface area contributed by atoms with Crippen LogP contribution in [0.5, 0.6) is 5.75 Å². The highest BCUT2D eigenvalue weighted by Crippen LogP contribution is 2.24. The lowest BCUT2D eigenvalue weighted by Gasteiger charge is -2.09. The first kappa shape index (κ1) is 14.5. The van der Waals surface area contributed by atoms with Crippen molar-refractivity contribution < 1.29 is 9.84 Å². The van der Waals surface area contributed by atoms with Crippen LogP contribution in [-0.2, 0) is 0 Å². The van der Waals surface area contributed by atoms with E-state index in [2.05, 4.69) is 21.9 Å². The van der Waals surface area contributed by atoms with Crippen LogP contribution in [0.15, 0.2) is 53.6 Å². The van der Waals surface area contributed by atoms with Crippen LogP contribution in [0.3, 0.4) is 0 Å². The zero-order chi connectivity index (χ0) is 15.1. The van der Waals surface area contributed by atoms with Crippen molar-refractivity contribution in [3.05, 3.63) is 70.1 Å². The first-order valence-electron chi connectivity index (χ1n) is 6.23. The van der Waals surface area contributed by atoms with Crippen LogP contribution in [0, 0.1) is 11.8 Å². The summed E-state index contributed by atoms with van der Waals surface area (Å²) in [5.41, 5.74) is 10.1. The fourth-order valence-electron chi connectivity index (χ4n) is 1.83. The van der Waals surface area contributed by atoms with Gasteiger partial charge in [-0.25, -0.2) is 0 Å². The number of hydrogen-bond donors (Lipinski definition) is 1. The molecule has 0 saturated carbocycles. The Bertz CT molecular complexity index is 740. The first-order chi connectivity index (χ1) is 10.3. The molecule has 5 nitrogen and oxygen atoms in total. The number of methoxy groups -OCH3 is 1. The highest BCUT2D eigenvalue weighted by Gasteiger charge is 2.09. The van der Waals surface area contributed by atoms with Gasteiger partial charge in [-0.05, 0) is 17.7 Å². The normalized spacial score (nSPS) is 10.8. The maximum atomic E-state index is 10.2. The monoisotopic (exact) mass is 279 g/mol. The van der Waals surface area contributed by atoms with Crippen molar-refractivity contribution in [1.29, 1.82) is 0 Å². The molecule has 1 unspecified atom stereocenters. The predicted molar refractivity (Wildman–Crippen MR) is 80.1 cm³/mol. The van der Waals surface area contributed by atoms with Crippen LogP contribution >= 0.6 is 0 Å². The standard InChI is InChI=1S/C16H13N3O2/c1-21-16-9-5-3-7-13(16)15(20)11-10-12-6-2-4-8-14(12)18-19-17/h2-9,15,20H,1H3. The van der Waals surface area contributed by atoms with Gasteiger partial charge >= 0.3 is 0 Å². The number of benzene rings is 2. The minimum absolute atomic E-state index is 0.430. The molecule has 0 aliphatic heterocycles. The number of aliphatic hydroxyl groups excluding tert-OH is 1. The van der Waals surface area contributed by atoms with E-state index in [4.69, 9.17) is 10.3 Å². The van der Waals surface area contributed by atoms with Gasteiger partial charge in [0.1, 0.15) is 11.9 Å². The van der Waals surface area contributed by atoms with Gasteiger partial charge in [0.15, 0.2) is 0 Å². The van der Waals surface area contributed by atoms with E-state index in [1.54, 1.807) is 42.5 Å². The Balaban J connectivity index is 2.33. The Labute approximate surface area is 122 Å². The second kappa shape index (κ2) is 7.01. The summed E-state index contributed by atoms with van der Waals surface area (Å²) in [6, 6.07) is 14.1. The van der Waals surface area contributed by atoms with Crippen molar-refractivity contribution in [3.63, 3.8) is 0 Å². The molecule has 0 heterocycles. The molecule has 0 bridgehead atoms. The highest BCUT2D eigenvalue weighted by molar-refractivity contribution is 5.55. The molecule has 1 N–H and O–H groups in total. The van der Waals surface area contributed by atoms with E-state index in [-0.39, 0.29) is 0 Å². The summed E-state index contributed by atoms with van der Waals surface area (Å²) in [5, 5.41) is 13.7. The molecule has 104 valence electrons. The second-order valence-electron chi connectivity index (χ2n) is 4.12. The van der Waals surface area contributed by atoms with E-state index in [0.717, 1.165) is 0 Å². The largest absolute Gasteiger partial charge is 0.496 e. The number of para-hydroxylation sites is 1. The zero-order valence-corrected chi connectivity index (χ0v) is 11.4. The molecule has 0 spiro atoms. The molecule has 5 heteroatoms. The smallest absolute Gasteiger partial charge is 0.144 e. The van der Waals surface area contributed by atoms with E-state index in [9.17, 15) is 5.11 Å². The fourth-order valence-corrected chi connectivity index (χ4v) is 1.83. The number of azide groups is 1. The highest BCUT2D eigenvalue weighted by atomic mass is 16.5. The lowest BCUT2D eigenvalue weighted by molar-refractivity contribution is 0.232. The molecule has 2 aromatic rings. The molecule has 0 amide bonds. The average molecular weight is 279 g/mol. The molecule has 0 aliphatic rings. The van der Waals surface area contributed by atoms with Gasteiger partial charge in [0.2, 0.25) is 0 Å². The van der Waals surface area contributed by atoms with E-state index < -0.39 is 6.10 Å². The molecule has 0 fully saturated rings. The van der Waals surface area contributed by atoms with Crippen LogP contribution < -0.4 is 4.74 Å². The Morgan fingerprint density at radius 1 is 1.19 bits per heavy atom. The molecular weight excluding hydrogens is 266 g/mol. The fraction of sp³-hybridized carbons (Fsp3) is 0.125. The average Bonchev–Trinajstić information content (AvgIpc) is 2.54. The van der Waals surface area contributed by atoms with Gasteiger partial charge in [0, 0.05) is 16.0 Å². The molecule has 2 rings (SSSR count). The number of ether oxygens (including phenoxy) is 1. The Morgan fingerprint density at radius 3 is 2.67 bits per heavy atom. The van der Waals surface area contributed by atoms with Crippen molar-refractivity contribution in [2.24, 2.45) is 5.11 Å². The van der Waals surface area contributed by atoms with E-state index in [1.807, 2.05) is 6.07 Å². The summed E-state index contributed by atoms with van der Waals surface area (Å²) in [6.45, 7) is 0. The summed E-state index contributed by atoms with van der Waals surface area (Å²) in [5.74, 6) is 6.13.